The number of hydrogen-bond donors (Lipinski definition) is 1. The summed E-state index contributed by atoms with van der Waals surface area (Å²) in [7, 11) is 0. The molecule has 196 valence electrons. The van der Waals surface area contributed by atoms with Crippen LogP contribution in [0.3, 0.4) is 0 Å². The Morgan fingerprint density at radius 2 is 1.62 bits per heavy atom. The van der Waals surface area contributed by atoms with Crippen molar-refractivity contribution in [2.75, 3.05) is 11.5 Å². The van der Waals surface area contributed by atoms with Gasteiger partial charge in [0.15, 0.2) is 0 Å². The number of urea groups is 1. The van der Waals surface area contributed by atoms with Crippen molar-refractivity contribution in [1.29, 1.82) is 0 Å². The second kappa shape index (κ2) is 11.2. The minimum atomic E-state index is -0.838. The molecule has 1 N–H and O–H groups in total. The lowest BCUT2D eigenvalue weighted by Crippen LogP contribution is -2.54. The number of fused-ring (bicyclic) bond motifs is 1. The normalized spacial score (nSPS) is 14.6. The van der Waals surface area contributed by atoms with Crippen molar-refractivity contribution in [3.8, 4) is 11.5 Å². The number of benzene rings is 4. The fourth-order valence-corrected chi connectivity index (χ4v) is 4.24. The number of anilines is 1. The van der Waals surface area contributed by atoms with Crippen LogP contribution in [0.25, 0.3) is 16.8 Å². The zero-order chi connectivity index (χ0) is 27.4. The smallest absolute Gasteiger partial charge is 0.335 e. The lowest BCUT2D eigenvalue weighted by molar-refractivity contribution is -0.122. The highest BCUT2D eigenvalue weighted by atomic mass is 19.1. The number of imide groups is 2. The van der Waals surface area contributed by atoms with Gasteiger partial charge in [0.05, 0.1) is 12.3 Å². The number of rotatable bonds is 8. The molecule has 4 aromatic carbocycles. The van der Waals surface area contributed by atoms with Crippen LogP contribution >= 0.6 is 0 Å². The third-order valence-electron chi connectivity index (χ3n) is 6.20. The molecule has 0 bridgehead atoms. The van der Waals surface area contributed by atoms with Gasteiger partial charge in [-0.15, -0.1) is 0 Å². The minimum absolute atomic E-state index is 0.145. The van der Waals surface area contributed by atoms with E-state index in [9.17, 15) is 18.8 Å². The van der Waals surface area contributed by atoms with Crippen LogP contribution in [0.2, 0.25) is 0 Å². The Labute approximate surface area is 224 Å². The van der Waals surface area contributed by atoms with Crippen LogP contribution in [0.5, 0.6) is 11.5 Å². The maximum atomic E-state index is 13.5. The van der Waals surface area contributed by atoms with Gasteiger partial charge in [-0.1, -0.05) is 49.4 Å². The molecule has 0 spiro atoms. The van der Waals surface area contributed by atoms with E-state index in [-0.39, 0.29) is 18.0 Å². The molecule has 0 radical (unpaired) electrons. The van der Waals surface area contributed by atoms with Crippen LogP contribution in [0, 0.1) is 5.82 Å². The lowest BCUT2D eigenvalue weighted by atomic mass is 9.99. The Hall–Kier alpha value is -4.98. The molecule has 8 heteroatoms. The highest BCUT2D eigenvalue weighted by Crippen LogP contribution is 2.32. The van der Waals surface area contributed by atoms with Crippen LogP contribution in [0.4, 0.5) is 14.9 Å². The molecular weight excluding hydrogens is 499 g/mol. The van der Waals surface area contributed by atoms with Crippen LogP contribution in [0.1, 0.15) is 24.5 Å². The zero-order valence-corrected chi connectivity index (χ0v) is 21.1. The molecule has 1 heterocycles. The molecule has 4 amide bonds. The molecular formula is C31H25FN2O5. The van der Waals surface area contributed by atoms with Gasteiger partial charge >= 0.3 is 6.03 Å². The summed E-state index contributed by atoms with van der Waals surface area (Å²) in [5.41, 5.74) is 1.33. The molecule has 1 fully saturated rings. The minimum Gasteiger partial charge on any atom is -0.494 e. The topological polar surface area (TPSA) is 84.9 Å². The van der Waals surface area contributed by atoms with Gasteiger partial charge in [-0.25, -0.2) is 14.1 Å². The van der Waals surface area contributed by atoms with E-state index in [4.69, 9.17) is 9.47 Å². The Balaban J connectivity index is 1.51. The summed E-state index contributed by atoms with van der Waals surface area (Å²) in [6.45, 7) is 2.68. The van der Waals surface area contributed by atoms with Crippen molar-refractivity contribution < 1.29 is 28.2 Å². The monoisotopic (exact) mass is 524 g/mol. The van der Waals surface area contributed by atoms with E-state index in [1.54, 1.807) is 42.5 Å². The lowest BCUT2D eigenvalue weighted by Gasteiger charge is -2.26. The second-order valence-corrected chi connectivity index (χ2v) is 8.91. The van der Waals surface area contributed by atoms with E-state index in [0.29, 0.717) is 29.4 Å². The van der Waals surface area contributed by atoms with Gasteiger partial charge < -0.3 is 9.47 Å². The van der Waals surface area contributed by atoms with E-state index < -0.39 is 17.8 Å². The predicted octanol–water partition coefficient (Wildman–Crippen LogP) is 6.01. The second-order valence-electron chi connectivity index (χ2n) is 8.91. The fourth-order valence-electron chi connectivity index (χ4n) is 4.24. The first-order chi connectivity index (χ1) is 18.9. The Morgan fingerprint density at radius 1 is 0.872 bits per heavy atom. The molecule has 0 aromatic heterocycles. The number of hydrogen-bond acceptors (Lipinski definition) is 5. The molecule has 5 rings (SSSR count). The number of carbonyl (C=O) groups is 3. The number of nitrogens with zero attached hydrogens (tertiary/aromatic N) is 1. The molecule has 0 unspecified atom stereocenters. The maximum Gasteiger partial charge on any atom is 0.335 e. The molecule has 1 aliphatic heterocycles. The van der Waals surface area contributed by atoms with Gasteiger partial charge in [0.1, 0.15) is 29.5 Å². The Kier molecular flexibility index (Phi) is 7.36. The SMILES string of the molecule is CCCOc1ccc(N2C(=O)NC(=O)/C(=C/c3c(OCc4ccc(F)cc4)ccc4ccccc34)C2=O)cc1. The van der Waals surface area contributed by atoms with Crippen molar-refractivity contribution in [1.82, 2.24) is 5.32 Å². The molecule has 39 heavy (non-hydrogen) atoms. The fraction of sp³-hybridized carbons (Fsp3) is 0.129. The van der Waals surface area contributed by atoms with Crippen LogP contribution in [-0.4, -0.2) is 24.5 Å². The summed E-state index contributed by atoms with van der Waals surface area (Å²) in [6, 6.07) is 22.7. The van der Waals surface area contributed by atoms with Gasteiger partial charge in [-0.05, 0) is 71.3 Å². The number of carbonyl (C=O) groups excluding carboxylic acids is 3. The molecule has 0 saturated carbocycles. The first-order valence-electron chi connectivity index (χ1n) is 12.5. The van der Waals surface area contributed by atoms with Crippen molar-refractivity contribution in [3.05, 3.63) is 107 Å². The summed E-state index contributed by atoms with van der Waals surface area (Å²) in [4.78, 5) is 40.0. The standard InChI is InChI=1S/C31H25FN2O5/c1-2-17-38-24-14-12-23(13-15-24)34-30(36)27(29(35)33-31(34)37)18-26-25-6-4-3-5-21(25)9-16-28(26)39-19-20-7-10-22(32)11-8-20/h3-16,18H,2,17,19H2,1H3,(H,33,35,37)/b27-18-. The third kappa shape index (κ3) is 5.50. The van der Waals surface area contributed by atoms with Crippen LogP contribution in [-0.2, 0) is 16.2 Å². The summed E-state index contributed by atoms with van der Waals surface area (Å²) >= 11 is 0. The number of nitrogens with one attached hydrogen (secondary N) is 1. The molecule has 1 saturated heterocycles. The van der Waals surface area contributed by atoms with Crippen molar-refractivity contribution >= 4 is 40.4 Å². The highest BCUT2D eigenvalue weighted by molar-refractivity contribution is 6.39. The largest absolute Gasteiger partial charge is 0.494 e. The van der Waals surface area contributed by atoms with Crippen LogP contribution < -0.4 is 19.7 Å². The Morgan fingerprint density at radius 3 is 2.36 bits per heavy atom. The average molecular weight is 525 g/mol. The van der Waals surface area contributed by atoms with Gasteiger partial charge in [-0.2, -0.15) is 0 Å². The quantitative estimate of drug-likeness (QED) is 0.225. The van der Waals surface area contributed by atoms with Gasteiger partial charge in [0, 0.05) is 5.56 Å². The summed E-state index contributed by atoms with van der Waals surface area (Å²) in [6.07, 6.45) is 2.28. The molecule has 7 nitrogen and oxygen atoms in total. The number of barbiturate groups is 1. The van der Waals surface area contributed by atoms with Crippen molar-refractivity contribution in [3.63, 3.8) is 0 Å². The summed E-state index contributed by atoms with van der Waals surface area (Å²) in [5, 5.41) is 3.89. The number of amides is 4. The van der Waals surface area contributed by atoms with Crippen molar-refractivity contribution in [2.24, 2.45) is 0 Å². The molecule has 0 aliphatic carbocycles. The van der Waals surface area contributed by atoms with Gasteiger partial charge in [0.25, 0.3) is 11.8 Å². The average Bonchev–Trinajstić information content (AvgIpc) is 2.94. The number of halogens is 1. The first-order valence-corrected chi connectivity index (χ1v) is 12.5. The van der Waals surface area contributed by atoms with Crippen molar-refractivity contribution in [2.45, 2.75) is 20.0 Å². The van der Waals surface area contributed by atoms with Gasteiger partial charge in [0.2, 0.25) is 0 Å². The molecule has 1 aliphatic rings. The Bertz CT molecular complexity index is 1580. The first kappa shape index (κ1) is 25.7. The summed E-state index contributed by atoms with van der Waals surface area (Å²) < 4.78 is 25.0. The highest BCUT2D eigenvalue weighted by Gasteiger charge is 2.37. The van der Waals surface area contributed by atoms with E-state index in [2.05, 4.69) is 5.32 Å². The maximum absolute atomic E-state index is 13.5. The third-order valence-corrected chi connectivity index (χ3v) is 6.20. The molecule has 4 aromatic rings. The zero-order valence-electron chi connectivity index (χ0n) is 21.1. The summed E-state index contributed by atoms with van der Waals surface area (Å²) in [5.74, 6) is -0.882. The molecule has 0 atom stereocenters. The number of ether oxygens (including phenoxy) is 2. The van der Waals surface area contributed by atoms with E-state index in [0.717, 1.165) is 27.7 Å². The van der Waals surface area contributed by atoms with Crippen LogP contribution in [0.15, 0.2) is 90.5 Å². The van der Waals surface area contributed by atoms with E-state index >= 15 is 0 Å². The van der Waals surface area contributed by atoms with E-state index in [1.807, 2.05) is 37.3 Å². The van der Waals surface area contributed by atoms with E-state index in [1.165, 1.54) is 18.2 Å². The predicted molar refractivity (Wildman–Crippen MR) is 146 cm³/mol. The van der Waals surface area contributed by atoms with Gasteiger partial charge in [-0.3, -0.25) is 14.9 Å².